The van der Waals surface area contributed by atoms with Crippen LogP contribution in [0, 0.1) is 16.0 Å². The topological polar surface area (TPSA) is 98.3 Å². The molecule has 3 N–H and O–H groups in total. The summed E-state index contributed by atoms with van der Waals surface area (Å²) in [6, 6.07) is 6.02. The standard InChI is InChI=1S/C15H19N3O3/c1-15(10-16,12-5-6-12)17-14(19)9-4-11-2-7-13(8-3-11)18(20)21/h2-4,7-9,12H,5-6,10,16H2,1H3,(H,17,19)/b9-4+. The monoisotopic (exact) mass is 289 g/mol. The summed E-state index contributed by atoms with van der Waals surface area (Å²) < 4.78 is 0. The Hall–Kier alpha value is -2.21. The lowest BCUT2D eigenvalue weighted by Crippen LogP contribution is -2.52. The molecule has 1 aliphatic carbocycles. The van der Waals surface area contributed by atoms with Gasteiger partial charge in [0.1, 0.15) is 0 Å². The van der Waals surface area contributed by atoms with Crippen molar-refractivity contribution in [2.45, 2.75) is 25.3 Å². The highest BCUT2D eigenvalue weighted by Gasteiger charge is 2.41. The molecule has 0 radical (unpaired) electrons. The Bertz CT molecular complexity index is 564. The number of non-ortho nitro benzene ring substituents is 1. The van der Waals surface area contributed by atoms with E-state index in [9.17, 15) is 14.9 Å². The second kappa shape index (κ2) is 6.05. The Morgan fingerprint density at radius 3 is 2.57 bits per heavy atom. The molecule has 0 aromatic heterocycles. The van der Waals surface area contributed by atoms with Crippen molar-refractivity contribution in [3.05, 3.63) is 46.0 Å². The maximum absolute atomic E-state index is 11.9. The van der Waals surface area contributed by atoms with Gasteiger partial charge in [0.2, 0.25) is 5.91 Å². The fourth-order valence-electron chi connectivity index (χ4n) is 2.24. The number of nitrogens with two attached hydrogens (primary N) is 1. The quantitative estimate of drug-likeness (QED) is 0.474. The van der Waals surface area contributed by atoms with Crippen molar-refractivity contribution in [2.24, 2.45) is 11.7 Å². The molecular formula is C15H19N3O3. The summed E-state index contributed by atoms with van der Waals surface area (Å²) in [6.45, 7) is 2.37. The van der Waals surface area contributed by atoms with E-state index in [0.29, 0.717) is 12.5 Å². The number of carbonyl (C=O) groups is 1. The van der Waals surface area contributed by atoms with Crippen LogP contribution in [0.4, 0.5) is 5.69 Å². The van der Waals surface area contributed by atoms with Crippen molar-refractivity contribution < 1.29 is 9.72 Å². The number of hydrogen-bond donors (Lipinski definition) is 2. The molecule has 2 rings (SSSR count). The lowest BCUT2D eigenvalue weighted by atomic mass is 9.96. The molecule has 112 valence electrons. The number of nitro benzene ring substituents is 1. The third-order valence-corrected chi connectivity index (χ3v) is 3.84. The van der Waals surface area contributed by atoms with Crippen LogP contribution >= 0.6 is 0 Å². The van der Waals surface area contributed by atoms with Crippen molar-refractivity contribution in [1.82, 2.24) is 5.32 Å². The number of rotatable bonds is 6. The van der Waals surface area contributed by atoms with E-state index in [0.717, 1.165) is 18.4 Å². The van der Waals surface area contributed by atoms with E-state index in [1.54, 1.807) is 18.2 Å². The van der Waals surface area contributed by atoms with Gasteiger partial charge in [-0.05, 0) is 49.5 Å². The first kappa shape index (κ1) is 15.2. The normalized spacial score (nSPS) is 17.4. The fourth-order valence-corrected chi connectivity index (χ4v) is 2.24. The summed E-state index contributed by atoms with van der Waals surface area (Å²) in [5.74, 6) is 0.257. The van der Waals surface area contributed by atoms with Crippen LogP contribution in [0.25, 0.3) is 6.08 Å². The van der Waals surface area contributed by atoms with Crippen LogP contribution in [0.5, 0.6) is 0 Å². The second-order valence-corrected chi connectivity index (χ2v) is 5.57. The second-order valence-electron chi connectivity index (χ2n) is 5.57. The van der Waals surface area contributed by atoms with Crippen molar-refractivity contribution in [3.8, 4) is 0 Å². The average Bonchev–Trinajstić information content (AvgIpc) is 3.30. The molecule has 1 fully saturated rings. The van der Waals surface area contributed by atoms with Crippen LogP contribution in [0.2, 0.25) is 0 Å². The Morgan fingerprint density at radius 2 is 2.10 bits per heavy atom. The first-order valence-electron chi connectivity index (χ1n) is 6.89. The molecule has 1 aliphatic rings. The molecule has 0 saturated heterocycles. The van der Waals surface area contributed by atoms with Gasteiger partial charge in [-0.15, -0.1) is 0 Å². The summed E-state index contributed by atoms with van der Waals surface area (Å²) in [5, 5.41) is 13.5. The predicted octanol–water partition coefficient (Wildman–Crippen LogP) is 1.85. The molecular weight excluding hydrogens is 270 g/mol. The SMILES string of the molecule is CC(CN)(NC(=O)/C=C/c1ccc([N+](=O)[O-])cc1)C1CC1. The summed E-state index contributed by atoms with van der Waals surface area (Å²) >= 11 is 0. The van der Waals surface area contributed by atoms with Crippen LogP contribution < -0.4 is 11.1 Å². The van der Waals surface area contributed by atoms with Gasteiger partial charge >= 0.3 is 0 Å². The molecule has 0 aliphatic heterocycles. The summed E-state index contributed by atoms with van der Waals surface area (Å²) in [6.07, 6.45) is 5.25. The van der Waals surface area contributed by atoms with Crippen LogP contribution in [-0.4, -0.2) is 22.9 Å². The van der Waals surface area contributed by atoms with Crippen LogP contribution in [0.1, 0.15) is 25.3 Å². The molecule has 21 heavy (non-hydrogen) atoms. The van der Waals surface area contributed by atoms with Crippen LogP contribution in [0.15, 0.2) is 30.3 Å². The van der Waals surface area contributed by atoms with Gasteiger partial charge in [-0.25, -0.2) is 0 Å². The van der Waals surface area contributed by atoms with Crippen LogP contribution in [0.3, 0.4) is 0 Å². The maximum Gasteiger partial charge on any atom is 0.269 e. The van der Waals surface area contributed by atoms with Crippen LogP contribution in [-0.2, 0) is 4.79 Å². The average molecular weight is 289 g/mol. The molecule has 1 saturated carbocycles. The number of nitrogens with zero attached hydrogens (tertiary/aromatic N) is 1. The summed E-state index contributed by atoms with van der Waals surface area (Å²) in [4.78, 5) is 22.0. The lowest BCUT2D eigenvalue weighted by Gasteiger charge is -2.28. The third-order valence-electron chi connectivity index (χ3n) is 3.84. The van der Waals surface area contributed by atoms with Gasteiger partial charge in [-0.2, -0.15) is 0 Å². The first-order valence-corrected chi connectivity index (χ1v) is 6.89. The Balaban J connectivity index is 1.96. The number of nitrogens with one attached hydrogen (secondary N) is 1. The van der Waals surface area contributed by atoms with Crippen molar-refractivity contribution >= 4 is 17.7 Å². The molecule has 1 unspecified atom stereocenters. The fraction of sp³-hybridized carbons (Fsp3) is 0.400. The van der Waals surface area contributed by atoms with Crippen molar-refractivity contribution in [3.63, 3.8) is 0 Å². The molecule has 1 aromatic rings. The summed E-state index contributed by atoms with van der Waals surface area (Å²) in [7, 11) is 0. The van der Waals surface area contributed by atoms with Gasteiger partial charge in [-0.3, -0.25) is 14.9 Å². The molecule has 1 atom stereocenters. The largest absolute Gasteiger partial charge is 0.346 e. The molecule has 1 aromatic carbocycles. The number of amides is 1. The van der Waals surface area contributed by atoms with Gasteiger partial charge in [0.15, 0.2) is 0 Å². The van der Waals surface area contributed by atoms with E-state index in [1.807, 2.05) is 6.92 Å². The van der Waals surface area contributed by atoms with Crippen molar-refractivity contribution in [1.29, 1.82) is 0 Å². The maximum atomic E-state index is 11.9. The van der Waals surface area contributed by atoms with Gasteiger partial charge in [0, 0.05) is 24.8 Å². The smallest absolute Gasteiger partial charge is 0.269 e. The minimum atomic E-state index is -0.456. The highest BCUT2D eigenvalue weighted by molar-refractivity contribution is 5.92. The predicted molar refractivity (Wildman–Crippen MR) is 80.5 cm³/mol. The van der Waals surface area contributed by atoms with Gasteiger partial charge in [-0.1, -0.05) is 0 Å². The van der Waals surface area contributed by atoms with E-state index in [4.69, 9.17) is 5.73 Å². The molecule has 1 amide bonds. The van der Waals surface area contributed by atoms with Gasteiger partial charge in [0.05, 0.1) is 10.5 Å². The highest BCUT2D eigenvalue weighted by Crippen LogP contribution is 2.38. The van der Waals surface area contributed by atoms with E-state index in [2.05, 4.69) is 5.32 Å². The zero-order chi connectivity index (χ0) is 15.5. The number of hydrogen-bond acceptors (Lipinski definition) is 4. The molecule has 6 heteroatoms. The van der Waals surface area contributed by atoms with Gasteiger partial charge < -0.3 is 11.1 Å². The van der Waals surface area contributed by atoms with E-state index < -0.39 is 4.92 Å². The summed E-state index contributed by atoms with van der Waals surface area (Å²) in [5.41, 5.74) is 6.16. The Labute approximate surface area is 123 Å². The Morgan fingerprint density at radius 1 is 1.48 bits per heavy atom. The number of nitro groups is 1. The van der Waals surface area contributed by atoms with Crippen molar-refractivity contribution in [2.75, 3.05) is 6.54 Å². The molecule has 0 heterocycles. The zero-order valence-electron chi connectivity index (χ0n) is 11.9. The Kier molecular flexibility index (Phi) is 4.37. The zero-order valence-corrected chi connectivity index (χ0v) is 11.9. The van der Waals surface area contributed by atoms with E-state index in [1.165, 1.54) is 18.2 Å². The number of benzene rings is 1. The third kappa shape index (κ3) is 3.88. The molecule has 6 nitrogen and oxygen atoms in total. The lowest BCUT2D eigenvalue weighted by molar-refractivity contribution is -0.384. The van der Waals surface area contributed by atoms with E-state index in [-0.39, 0.29) is 17.1 Å². The minimum absolute atomic E-state index is 0.0287. The number of carbonyl (C=O) groups excluding carboxylic acids is 1. The first-order chi connectivity index (χ1) is 9.94. The molecule has 0 spiro atoms. The van der Waals surface area contributed by atoms with Gasteiger partial charge in [0.25, 0.3) is 5.69 Å². The van der Waals surface area contributed by atoms with E-state index >= 15 is 0 Å². The molecule has 0 bridgehead atoms. The minimum Gasteiger partial charge on any atom is -0.346 e. The highest BCUT2D eigenvalue weighted by atomic mass is 16.6.